The maximum Gasteiger partial charge on any atom is 0.357 e. The molecule has 94 valence electrons. The van der Waals surface area contributed by atoms with Crippen molar-refractivity contribution in [3.05, 3.63) is 11.1 Å². The molecule has 1 aromatic heterocycles. The van der Waals surface area contributed by atoms with Crippen molar-refractivity contribution in [3.8, 4) is 0 Å². The Balaban J connectivity index is 1.94. The van der Waals surface area contributed by atoms with E-state index in [0.717, 1.165) is 23.5 Å². The van der Waals surface area contributed by atoms with Gasteiger partial charge in [0.25, 0.3) is 0 Å². The Labute approximate surface area is 106 Å². The molecule has 1 heterocycles. The summed E-state index contributed by atoms with van der Waals surface area (Å²) in [5.41, 5.74) is 0.419. The minimum Gasteiger partial charge on any atom is -0.461 e. The number of thiazole rings is 1. The average molecular weight is 254 g/mol. The molecule has 1 fully saturated rings. The molecule has 2 atom stereocenters. The molecule has 1 aliphatic rings. The predicted molar refractivity (Wildman–Crippen MR) is 68.6 cm³/mol. The van der Waals surface area contributed by atoms with Crippen LogP contribution in [-0.2, 0) is 4.74 Å². The second-order valence-electron chi connectivity index (χ2n) is 4.59. The summed E-state index contributed by atoms with van der Waals surface area (Å²) in [5.74, 6) is 1.29. The lowest BCUT2D eigenvalue weighted by molar-refractivity contribution is 0.0520. The van der Waals surface area contributed by atoms with Gasteiger partial charge in [0.15, 0.2) is 10.8 Å². The number of nitrogens with zero attached hydrogens (tertiary/aromatic N) is 2. The van der Waals surface area contributed by atoms with Gasteiger partial charge in [0.1, 0.15) is 0 Å². The Kier molecular flexibility index (Phi) is 3.66. The molecule has 0 N–H and O–H groups in total. The van der Waals surface area contributed by atoms with Crippen molar-refractivity contribution in [2.45, 2.75) is 20.3 Å². The molecule has 1 saturated carbocycles. The van der Waals surface area contributed by atoms with Gasteiger partial charge in [0.2, 0.25) is 0 Å². The summed E-state index contributed by atoms with van der Waals surface area (Å²) < 4.78 is 4.92. The van der Waals surface area contributed by atoms with Gasteiger partial charge in [-0.25, -0.2) is 9.78 Å². The van der Waals surface area contributed by atoms with Gasteiger partial charge in [-0.2, -0.15) is 0 Å². The highest BCUT2D eigenvalue weighted by Crippen LogP contribution is 2.38. The standard InChI is InChI=1S/C12H18N2O2S/c1-4-16-11(15)10-7-17-12(13-10)14(3)6-9-5-8(9)2/h7-9H,4-6H2,1-3H3. The first-order valence-corrected chi connectivity index (χ1v) is 6.83. The van der Waals surface area contributed by atoms with Gasteiger partial charge in [-0.3, -0.25) is 0 Å². The number of hydrogen-bond donors (Lipinski definition) is 0. The van der Waals surface area contributed by atoms with Crippen molar-refractivity contribution in [1.82, 2.24) is 4.98 Å². The van der Waals surface area contributed by atoms with E-state index in [1.165, 1.54) is 17.8 Å². The molecule has 1 aromatic rings. The zero-order chi connectivity index (χ0) is 12.4. The molecule has 0 bridgehead atoms. The summed E-state index contributed by atoms with van der Waals surface area (Å²) in [6.07, 6.45) is 1.31. The number of esters is 1. The highest BCUT2D eigenvalue weighted by atomic mass is 32.1. The smallest absolute Gasteiger partial charge is 0.357 e. The number of aromatic nitrogens is 1. The molecule has 2 rings (SSSR count). The van der Waals surface area contributed by atoms with E-state index in [-0.39, 0.29) is 5.97 Å². The van der Waals surface area contributed by atoms with Crippen LogP contribution in [0.4, 0.5) is 5.13 Å². The highest BCUT2D eigenvalue weighted by molar-refractivity contribution is 7.13. The van der Waals surface area contributed by atoms with Gasteiger partial charge in [0.05, 0.1) is 6.61 Å². The van der Waals surface area contributed by atoms with Crippen LogP contribution >= 0.6 is 11.3 Å². The Morgan fingerprint density at radius 2 is 2.41 bits per heavy atom. The van der Waals surface area contributed by atoms with Crippen LogP contribution in [0.3, 0.4) is 0 Å². The molecule has 1 aliphatic carbocycles. The zero-order valence-electron chi connectivity index (χ0n) is 10.5. The van der Waals surface area contributed by atoms with Crippen LogP contribution in [-0.4, -0.2) is 31.2 Å². The van der Waals surface area contributed by atoms with E-state index in [0.29, 0.717) is 12.3 Å². The lowest BCUT2D eigenvalue weighted by atomic mass is 10.3. The maximum absolute atomic E-state index is 11.5. The highest BCUT2D eigenvalue weighted by Gasteiger charge is 2.33. The molecule has 0 radical (unpaired) electrons. The molecule has 0 saturated heterocycles. The monoisotopic (exact) mass is 254 g/mol. The van der Waals surface area contributed by atoms with E-state index in [9.17, 15) is 4.79 Å². The van der Waals surface area contributed by atoms with Crippen molar-refractivity contribution in [2.75, 3.05) is 25.1 Å². The average Bonchev–Trinajstić information content (AvgIpc) is 2.83. The number of carbonyl (C=O) groups excluding carboxylic acids is 1. The van der Waals surface area contributed by atoms with Crippen molar-refractivity contribution in [2.24, 2.45) is 11.8 Å². The van der Waals surface area contributed by atoms with Gasteiger partial charge < -0.3 is 9.64 Å². The van der Waals surface area contributed by atoms with E-state index >= 15 is 0 Å². The topological polar surface area (TPSA) is 42.4 Å². The maximum atomic E-state index is 11.5. The first kappa shape index (κ1) is 12.4. The molecule has 2 unspecified atom stereocenters. The third-order valence-corrected chi connectivity index (χ3v) is 4.04. The van der Waals surface area contributed by atoms with Crippen LogP contribution in [0.1, 0.15) is 30.8 Å². The number of anilines is 1. The summed E-state index contributed by atoms with van der Waals surface area (Å²) in [4.78, 5) is 17.9. The predicted octanol–water partition coefficient (Wildman–Crippen LogP) is 2.41. The first-order chi connectivity index (χ1) is 8.11. The Morgan fingerprint density at radius 3 is 3.00 bits per heavy atom. The lowest BCUT2D eigenvalue weighted by Gasteiger charge is -2.14. The van der Waals surface area contributed by atoms with E-state index in [1.807, 2.05) is 7.05 Å². The van der Waals surface area contributed by atoms with Gasteiger partial charge in [-0.15, -0.1) is 11.3 Å². The summed E-state index contributed by atoms with van der Waals surface area (Å²) in [5, 5.41) is 2.66. The fourth-order valence-corrected chi connectivity index (χ4v) is 2.59. The van der Waals surface area contributed by atoms with Crippen LogP contribution in [0, 0.1) is 11.8 Å². The minimum absolute atomic E-state index is 0.330. The summed E-state index contributed by atoms with van der Waals surface area (Å²) in [6, 6.07) is 0. The number of hydrogen-bond acceptors (Lipinski definition) is 5. The fourth-order valence-electron chi connectivity index (χ4n) is 1.82. The van der Waals surface area contributed by atoms with Crippen LogP contribution in [0.2, 0.25) is 0 Å². The molecule has 4 nitrogen and oxygen atoms in total. The molecular formula is C12H18N2O2S. The van der Waals surface area contributed by atoms with E-state index in [4.69, 9.17) is 4.74 Å². The largest absolute Gasteiger partial charge is 0.461 e. The van der Waals surface area contributed by atoms with Crippen LogP contribution < -0.4 is 4.90 Å². The van der Waals surface area contributed by atoms with E-state index < -0.39 is 0 Å². The molecule has 0 amide bonds. The van der Waals surface area contributed by atoms with E-state index in [1.54, 1.807) is 12.3 Å². The molecule has 0 spiro atoms. The summed E-state index contributed by atoms with van der Waals surface area (Å²) in [7, 11) is 2.03. The normalized spacial score (nSPS) is 22.3. The van der Waals surface area contributed by atoms with Crippen LogP contribution in [0.25, 0.3) is 0 Å². The molecule has 0 aromatic carbocycles. The van der Waals surface area contributed by atoms with Crippen molar-refractivity contribution in [3.63, 3.8) is 0 Å². The second kappa shape index (κ2) is 5.04. The van der Waals surface area contributed by atoms with Crippen LogP contribution in [0.5, 0.6) is 0 Å². The quantitative estimate of drug-likeness (QED) is 0.757. The lowest BCUT2D eigenvalue weighted by Crippen LogP contribution is -2.20. The molecular weight excluding hydrogens is 236 g/mol. The van der Waals surface area contributed by atoms with Gasteiger partial charge in [-0.05, 0) is 25.2 Å². The van der Waals surface area contributed by atoms with Crippen molar-refractivity contribution >= 4 is 22.4 Å². The van der Waals surface area contributed by atoms with E-state index in [2.05, 4.69) is 16.8 Å². The number of ether oxygens (including phenoxy) is 1. The number of carbonyl (C=O) groups is 1. The second-order valence-corrected chi connectivity index (χ2v) is 5.43. The third kappa shape index (κ3) is 2.97. The van der Waals surface area contributed by atoms with Crippen molar-refractivity contribution in [1.29, 1.82) is 0 Å². The Morgan fingerprint density at radius 1 is 1.71 bits per heavy atom. The fraction of sp³-hybridized carbons (Fsp3) is 0.667. The number of rotatable bonds is 5. The van der Waals surface area contributed by atoms with Gasteiger partial charge >= 0.3 is 5.97 Å². The Bertz CT molecular complexity index is 405. The van der Waals surface area contributed by atoms with Gasteiger partial charge in [0, 0.05) is 19.0 Å². The Hall–Kier alpha value is -1.10. The van der Waals surface area contributed by atoms with Crippen LogP contribution in [0.15, 0.2) is 5.38 Å². The molecule has 0 aliphatic heterocycles. The first-order valence-electron chi connectivity index (χ1n) is 5.95. The summed E-state index contributed by atoms with van der Waals surface area (Å²) in [6.45, 7) is 5.48. The molecule has 17 heavy (non-hydrogen) atoms. The molecule has 5 heteroatoms. The van der Waals surface area contributed by atoms with Gasteiger partial charge in [-0.1, -0.05) is 6.92 Å². The minimum atomic E-state index is -0.330. The SMILES string of the molecule is CCOC(=O)c1csc(N(C)CC2CC2C)n1. The third-order valence-electron chi connectivity index (χ3n) is 3.09. The van der Waals surface area contributed by atoms with Crippen molar-refractivity contribution < 1.29 is 9.53 Å². The summed E-state index contributed by atoms with van der Waals surface area (Å²) >= 11 is 1.50. The zero-order valence-corrected chi connectivity index (χ0v) is 11.3.